The number of aliphatic hydroxyl groups is 1. The van der Waals surface area contributed by atoms with E-state index in [2.05, 4.69) is 23.7 Å². The summed E-state index contributed by atoms with van der Waals surface area (Å²) in [5.41, 5.74) is 1.07. The van der Waals surface area contributed by atoms with E-state index in [9.17, 15) is 5.11 Å². The van der Waals surface area contributed by atoms with Crippen molar-refractivity contribution in [1.82, 2.24) is 9.88 Å². The SMILES string of the molecule is CCN1CCOC(C(O)Cc2nc(C)c(C)s2)C1. The van der Waals surface area contributed by atoms with Gasteiger partial charge in [0.25, 0.3) is 0 Å². The number of nitrogens with zero attached hydrogens (tertiary/aromatic N) is 2. The van der Waals surface area contributed by atoms with E-state index in [0.29, 0.717) is 13.0 Å². The molecule has 1 N–H and O–H groups in total. The first kappa shape index (κ1) is 13.9. The van der Waals surface area contributed by atoms with Gasteiger partial charge in [-0.2, -0.15) is 0 Å². The summed E-state index contributed by atoms with van der Waals surface area (Å²) in [5, 5.41) is 11.3. The van der Waals surface area contributed by atoms with Crippen LogP contribution in [0.1, 0.15) is 22.5 Å². The van der Waals surface area contributed by atoms with Gasteiger partial charge in [-0.25, -0.2) is 4.98 Å². The van der Waals surface area contributed by atoms with Gasteiger partial charge in [0.05, 0.1) is 29.5 Å². The molecule has 2 unspecified atom stereocenters. The van der Waals surface area contributed by atoms with Gasteiger partial charge in [0, 0.05) is 24.4 Å². The average Bonchev–Trinajstić information content (AvgIpc) is 2.68. The molecule has 2 heterocycles. The average molecular weight is 270 g/mol. The summed E-state index contributed by atoms with van der Waals surface area (Å²) in [6.07, 6.45) is 0.0641. The Morgan fingerprint density at radius 1 is 1.56 bits per heavy atom. The molecule has 1 aromatic heterocycles. The molecule has 0 aliphatic carbocycles. The molecule has 18 heavy (non-hydrogen) atoms. The molecule has 1 fully saturated rings. The molecule has 0 amide bonds. The number of ether oxygens (including phenoxy) is 1. The number of aryl methyl sites for hydroxylation is 2. The van der Waals surface area contributed by atoms with Gasteiger partial charge in [0.15, 0.2) is 0 Å². The minimum absolute atomic E-state index is 0.0804. The fraction of sp³-hybridized carbons (Fsp3) is 0.769. The molecule has 0 aromatic carbocycles. The van der Waals surface area contributed by atoms with E-state index >= 15 is 0 Å². The number of likely N-dealkylation sites (N-methyl/N-ethyl adjacent to an activating group) is 1. The van der Waals surface area contributed by atoms with Crippen LogP contribution in [0.15, 0.2) is 0 Å². The van der Waals surface area contributed by atoms with E-state index in [1.807, 2.05) is 6.92 Å². The van der Waals surface area contributed by atoms with Crippen LogP contribution in [0.4, 0.5) is 0 Å². The number of hydrogen-bond acceptors (Lipinski definition) is 5. The minimum Gasteiger partial charge on any atom is -0.390 e. The van der Waals surface area contributed by atoms with Crippen LogP contribution in [0.3, 0.4) is 0 Å². The van der Waals surface area contributed by atoms with Crippen molar-refractivity contribution in [3.05, 3.63) is 15.6 Å². The van der Waals surface area contributed by atoms with Gasteiger partial charge in [-0.3, -0.25) is 4.90 Å². The third-order valence-electron chi connectivity index (χ3n) is 3.51. The predicted molar refractivity (Wildman–Crippen MR) is 73.2 cm³/mol. The van der Waals surface area contributed by atoms with Crippen LogP contribution in [0.5, 0.6) is 0 Å². The molecule has 2 rings (SSSR count). The van der Waals surface area contributed by atoms with Crippen LogP contribution < -0.4 is 0 Å². The molecule has 1 aliphatic rings. The largest absolute Gasteiger partial charge is 0.390 e. The zero-order chi connectivity index (χ0) is 13.1. The molecule has 1 aliphatic heterocycles. The van der Waals surface area contributed by atoms with E-state index in [1.165, 1.54) is 4.88 Å². The highest BCUT2D eigenvalue weighted by molar-refractivity contribution is 7.11. The Labute approximate surface area is 113 Å². The van der Waals surface area contributed by atoms with Gasteiger partial charge in [-0.05, 0) is 20.4 Å². The van der Waals surface area contributed by atoms with Gasteiger partial charge < -0.3 is 9.84 Å². The summed E-state index contributed by atoms with van der Waals surface area (Å²) in [4.78, 5) is 8.02. The molecule has 1 saturated heterocycles. The maximum Gasteiger partial charge on any atom is 0.0965 e. The van der Waals surface area contributed by atoms with Gasteiger partial charge >= 0.3 is 0 Å². The van der Waals surface area contributed by atoms with Gasteiger partial charge in [-0.1, -0.05) is 6.92 Å². The lowest BCUT2D eigenvalue weighted by molar-refractivity contribution is -0.0867. The van der Waals surface area contributed by atoms with Gasteiger partial charge in [0.2, 0.25) is 0 Å². The molecule has 0 radical (unpaired) electrons. The zero-order valence-corrected chi connectivity index (χ0v) is 12.2. The molecule has 0 spiro atoms. The standard InChI is InChI=1S/C13H22N2O2S/c1-4-15-5-6-17-12(8-15)11(16)7-13-14-9(2)10(3)18-13/h11-12,16H,4-8H2,1-3H3. The second kappa shape index (κ2) is 6.10. The topological polar surface area (TPSA) is 45.6 Å². The molecule has 102 valence electrons. The highest BCUT2D eigenvalue weighted by Gasteiger charge is 2.27. The number of thiazole rings is 1. The Bertz CT molecular complexity index is 375. The summed E-state index contributed by atoms with van der Waals surface area (Å²) in [7, 11) is 0. The molecule has 1 aromatic rings. The molecule has 0 bridgehead atoms. The smallest absolute Gasteiger partial charge is 0.0965 e. The maximum atomic E-state index is 10.3. The van der Waals surface area contributed by atoms with Crippen LogP contribution in [0.25, 0.3) is 0 Å². The molecular formula is C13H22N2O2S. The highest BCUT2D eigenvalue weighted by Crippen LogP contribution is 2.20. The summed E-state index contributed by atoms with van der Waals surface area (Å²) in [6.45, 7) is 9.74. The molecule has 0 saturated carbocycles. The predicted octanol–water partition coefficient (Wildman–Crippen LogP) is 1.38. The van der Waals surface area contributed by atoms with Crippen molar-refractivity contribution in [3.63, 3.8) is 0 Å². The number of aromatic nitrogens is 1. The quantitative estimate of drug-likeness (QED) is 0.898. The lowest BCUT2D eigenvalue weighted by atomic mass is 10.1. The van der Waals surface area contributed by atoms with Crippen LogP contribution in [-0.4, -0.2) is 53.4 Å². The number of rotatable bonds is 4. The Hall–Kier alpha value is -0.490. The van der Waals surface area contributed by atoms with Crippen molar-refractivity contribution >= 4 is 11.3 Å². The van der Waals surface area contributed by atoms with E-state index in [0.717, 1.165) is 30.3 Å². The van der Waals surface area contributed by atoms with Gasteiger partial charge in [-0.15, -0.1) is 11.3 Å². The van der Waals surface area contributed by atoms with Gasteiger partial charge in [0.1, 0.15) is 0 Å². The first-order valence-corrected chi connectivity index (χ1v) is 7.36. The summed E-state index contributed by atoms with van der Waals surface area (Å²) >= 11 is 1.67. The Balaban J connectivity index is 1.92. The molecule has 5 heteroatoms. The fourth-order valence-electron chi connectivity index (χ4n) is 2.19. The van der Waals surface area contributed by atoms with E-state index in [-0.39, 0.29) is 6.10 Å². The highest BCUT2D eigenvalue weighted by atomic mass is 32.1. The van der Waals surface area contributed by atoms with Crippen molar-refractivity contribution in [3.8, 4) is 0 Å². The minimum atomic E-state index is -0.454. The van der Waals surface area contributed by atoms with Crippen LogP contribution in [0.2, 0.25) is 0 Å². The van der Waals surface area contributed by atoms with Crippen molar-refractivity contribution in [2.45, 2.75) is 39.4 Å². The van der Waals surface area contributed by atoms with Crippen molar-refractivity contribution < 1.29 is 9.84 Å². The normalized spacial score (nSPS) is 23.2. The van der Waals surface area contributed by atoms with Crippen LogP contribution in [-0.2, 0) is 11.2 Å². The first-order chi connectivity index (χ1) is 8.60. The number of hydrogen-bond donors (Lipinski definition) is 1. The third-order valence-corrected chi connectivity index (χ3v) is 4.61. The Kier molecular flexibility index (Phi) is 4.72. The number of morpholine rings is 1. The maximum absolute atomic E-state index is 10.3. The first-order valence-electron chi connectivity index (χ1n) is 6.55. The molecule has 2 atom stereocenters. The lowest BCUT2D eigenvalue weighted by Gasteiger charge is -2.34. The van der Waals surface area contributed by atoms with Crippen molar-refractivity contribution in [2.75, 3.05) is 26.2 Å². The van der Waals surface area contributed by atoms with E-state index < -0.39 is 6.10 Å². The molecule has 4 nitrogen and oxygen atoms in total. The van der Waals surface area contributed by atoms with Crippen molar-refractivity contribution in [2.24, 2.45) is 0 Å². The second-order valence-electron chi connectivity index (χ2n) is 4.82. The van der Waals surface area contributed by atoms with E-state index in [1.54, 1.807) is 11.3 Å². The third kappa shape index (κ3) is 3.29. The van der Waals surface area contributed by atoms with E-state index in [4.69, 9.17) is 4.74 Å². The second-order valence-corrected chi connectivity index (χ2v) is 6.11. The summed E-state index contributed by atoms with van der Waals surface area (Å²) < 4.78 is 5.67. The summed E-state index contributed by atoms with van der Waals surface area (Å²) in [5.74, 6) is 0. The van der Waals surface area contributed by atoms with Crippen LogP contribution >= 0.6 is 11.3 Å². The monoisotopic (exact) mass is 270 g/mol. The summed E-state index contributed by atoms with van der Waals surface area (Å²) in [6, 6.07) is 0. The Morgan fingerprint density at radius 2 is 2.33 bits per heavy atom. The lowest BCUT2D eigenvalue weighted by Crippen LogP contribution is -2.48. The number of aliphatic hydroxyl groups excluding tert-OH is 1. The molecular weight excluding hydrogens is 248 g/mol. The Morgan fingerprint density at radius 3 is 2.94 bits per heavy atom. The van der Waals surface area contributed by atoms with Crippen LogP contribution in [0, 0.1) is 13.8 Å². The zero-order valence-electron chi connectivity index (χ0n) is 11.3. The fourth-order valence-corrected chi connectivity index (χ4v) is 3.17. The van der Waals surface area contributed by atoms with Crippen molar-refractivity contribution in [1.29, 1.82) is 0 Å².